The van der Waals surface area contributed by atoms with E-state index in [1.807, 2.05) is 12.1 Å². The Balaban J connectivity index is 3.27. The van der Waals surface area contributed by atoms with E-state index >= 15 is 0 Å². The predicted molar refractivity (Wildman–Crippen MR) is 56.0 cm³/mol. The molecule has 69 valence electrons. The molecule has 0 amide bonds. The van der Waals surface area contributed by atoms with Crippen LogP contribution in [-0.4, -0.2) is 5.11 Å². The molecule has 0 unspecified atom stereocenters. The minimum absolute atomic E-state index is 0.452. The van der Waals surface area contributed by atoms with Crippen LogP contribution in [0.3, 0.4) is 0 Å². The third-order valence-corrected chi connectivity index (χ3v) is 2.14. The van der Waals surface area contributed by atoms with Crippen molar-refractivity contribution in [3.8, 4) is 0 Å². The van der Waals surface area contributed by atoms with E-state index in [0.29, 0.717) is 5.92 Å². The molecule has 0 aliphatic rings. The molecule has 0 aromatic heterocycles. The van der Waals surface area contributed by atoms with Crippen molar-refractivity contribution in [1.29, 1.82) is 0 Å². The van der Waals surface area contributed by atoms with Crippen molar-refractivity contribution in [2.45, 2.75) is 19.8 Å². The van der Waals surface area contributed by atoms with Crippen molar-refractivity contribution in [2.24, 2.45) is 0 Å². The van der Waals surface area contributed by atoms with Gasteiger partial charge in [0.1, 0.15) is 6.61 Å². The van der Waals surface area contributed by atoms with Gasteiger partial charge in [-0.15, -0.1) is 0 Å². The number of aliphatic hydroxyl groups excluding tert-OH is 1. The molecule has 1 radical (unpaired) electrons. The van der Waals surface area contributed by atoms with Gasteiger partial charge in [0.15, 0.2) is 0 Å². The highest BCUT2D eigenvalue weighted by atomic mass is 16.3. The summed E-state index contributed by atoms with van der Waals surface area (Å²) in [5.41, 5.74) is 3.08. The molecular weight excluding hydrogens is 160 g/mol. The third kappa shape index (κ3) is 1.99. The van der Waals surface area contributed by atoms with Crippen LogP contribution in [0, 0.1) is 6.61 Å². The van der Waals surface area contributed by atoms with Gasteiger partial charge < -0.3 is 5.11 Å². The van der Waals surface area contributed by atoms with Crippen LogP contribution in [0.4, 0.5) is 0 Å². The van der Waals surface area contributed by atoms with Crippen molar-refractivity contribution in [2.75, 3.05) is 0 Å². The standard InChI is InChI=1S/C12H15O/c1-4-11-10(8-13)6-5-7-12(11)9(2)3/h4-9,13H,1H2,2-3H3. The fourth-order valence-corrected chi connectivity index (χ4v) is 1.45. The number of benzene rings is 1. The van der Waals surface area contributed by atoms with Gasteiger partial charge in [-0.1, -0.05) is 44.7 Å². The second kappa shape index (κ2) is 4.24. The van der Waals surface area contributed by atoms with Crippen LogP contribution in [-0.2, 0) is 0 Å². The highest BCUT2D eigenvalue weighted by Crippen LogP contribution is 2.24. The molecule has 0 aliphatic carbocycles. The Morgan fingerprint density at radius 1 is 1.38 bits per heavy atom. The van der Waals surface area contributed by atoms with Crippen LogP contribution in [0.2, 0.25) is 0 Å². The molecule has 1 heteroatoms. The Kier molecular flexibility index (Phi) is 3.26. The van der Waals surface area contributed by atoms with Crippen LogP contribution in [0.25, 0.3) is 6.08 Å². The second-order valence-corrected chi connectivity index (χ2v) is 3.34. The van der Waals surface area contributed by atoms with Crippen LogP contribution >= 0.6 is 0 Å². The lowest BCUT2D eigenvalue weighted by atomic mass is 9.93. The fraction of sp³-hybridized carbons (Fsp3) is 0.250. The van der Waals surface area contributed by atoms with Gasteiger partial charge in [0, 0.05) is 0 Å². The van der Waals surface area contributed by atoms with Gasteiger partial charge in [0.25, 0.3) is 0 Å². The Bertz CT molecular complexity index is 300. The number of aliphatic hydroxyl groups is 1. The molecule has 0 saturated heterocycles. The maximum Gasteiger partial charge on any atom is 0.110 e. The molecule has 1 aromatic carbocycles. The van der Waals surface area contributed by atoms with E-state index in [0.717, 1.165) is 17.7 Å². The van der Waals surface area contributed by atoms with E-state index in [1.54, 1.807) is 6.08 Å². The zero-order chi connectivity index (χ0) is 9.84. The first-order valence-corrected chi connectivity index (χ1v) is 4.43. The maximum absolute atomic E-state index is 8.98. The van der Waals surface area contributed by atoms with Crippen LogP contribution in [0.1, 0.15) is 36.5 Å². The van der Waals surface area contributed by atoms with E-state index in [2.05, 4.69) is 26.5 Å². The molecule has 1 aromatic rings. The van der Waals surface area contributed by atoms with E-state index in [-0.39, 0.29) is 0 Å². The molecule has 0 aliphatic heterocycles. The van der Waals surface area contributed by atoms with Gasteiger partial charge >= 0.3 is 0 Å². The van der Waals surface area contributed by atoms with Gasteiger partial charge in [-0.05, 0) is 22.6 Å². The monoisotopic (exact) mass is 175 g/mol. The summed E-state index contributed by atoms with van der Waals surface area (Å²) in [5, 5.41) is 8.98. The second-order valence-electron chi connectivity index (χ2n) is 3.34. The van der Waals surface area contributed by atoms with Gasteiger partial charge in [-0.2, -0.15) is 0 Å². The average Bonchev–Trinajstić information content (AvgIpc) is 2.16. The van der Waals surface area contributed by atoms with Crippen molar-refractivity contribution in [1.82, 2.24) is 0 Å². The summed E-state index contributed by atoms with van der Waals surface area (Å²) in [6.45, 7) is 9.14. The molecule has 1 rings (SSSR count). The quantitative estimate of drug-likeness (QED) is 0.747. The fourth-order valence-electron chi connectivity index (χ4n) is 1.45. The van der Waals surface area contributed by atoms with Crippen LogP contribution in [0.15, 0.2) is 24.8 Å². The summed E-state index contributed by atoms with van der Waals surface area (Å²) in [6.07, 6.45) is 1.79. The summed E-state index contributed by atoms with van der Waals surface area (Å²) in [7, 11) is 0. The van der Waals surface area contributed by atoms with Crippen molar-refractivity contribution >= 4 is 6.08 Å². The van der Waals surface area contributed by atoms with Gasteiger partial charge in [0.2, 0.25) is 0 Å². The van der Waals surface area contributed by atoms with Gasteiger partial charge in [0.05, 0.1) is 0 Å². The Hall–Kier alpha value is -1.08. The van der Waals surface area contributed by atoms with Crippen molar-refractivity contribution in [3.63, 3.8) is 0 Å². The minimum atomic E-state index is 0.452. The highest BCUT2D eigenvalue weighted by Gasteiger charge is 2.07. The lowest BCUT2D eigenvalue weighted by Gasteiger charge is -2.12. The smallest absolute Gasteiger partial charge is 0.110 e. The van der Waals surface area contributed by atoms with E-state index in [1.165, 1.54) is 5.56 Å². The largest absolute Gasteiger partial charge is 0.385 e. The lowest BCUT2D eigenvalue weighted by molar-refractivity contribution is 0.414. The summed E-state index contributed by atoms with van der Waals surface area (Å²) >= 11 is 0. The topological polar surface area (TPSA) is 20.2 Å². The first-order valence-electron chi connectivity index (χ1n) is 4.43. The predicted octanol–water partition coefficient (Wildman–Crippen LogP) is 3.34. The minimum Gasteiger partial charge on any atom is -0.385 e. The first kappa shape index (κ1) is 10.0. The third-order valence-electron chi connectivity index (χ3n) is 2.14. The zero-order valence-corrected chi connectivity index (χ0v) is 8.12. The molecule has 0 bridgehead atoms. The highest BCUT2D eigenvalue weighted by molar-refractivity contribution is 5.58. The van der Waals surface area contributed by atoms with Crippen LogP contribution in [0.5, 0.6) is 0 Å². The Morgan fingerprint density at radius 3 is 2.54 bits per heavy atom. The van der Waals surface area contributed by atoms with Gasteiger partial charge in [-0.3, -0.25) is 0 Å². The van der Waals surface area contributed by atoms with E-state index in [4.69, 9.17) is 5.11 Å². The summed E-state index contributed by atoms with van der Waals surface area (Å²) in [4.78, 5) is 0. The van der Waals surface area contributed by atoms with Gasteiger partial charge in [-0.25, -0.2) is 0 Å². The number of hydrogen-bond donors (Lipinski definition) is 1. The molecular formula is C12H15O. The molecule has 0 atom stereocenters. The SMILES string of the molecule is C=Cc1c([CH]O)cccc1C(C)C. The molecule has 1 N–H and O–H groups in total. The van der Waals surface area contributed by atoms with Crippen molar-refractivity contribution in [3.05, 3.63) is 48.1 Å². The molecule has 0 spiro atoms. The maximum atomic E-state index is 8.98. The molecule has 1 nitrogen and oxygen atoms in total. The first-order chi connectivity index (χ1) is 6.20. The van der Waals surface area contributed by atoms with E-state index < -0.39 is 0 Å². The Labute approximate surface area is 79.7 Å². The lowest BCUT2D eigenvalue weighted by Crippen LogP contribution is -1.95. The summed E-state index contributed by atoms with van der Waals surface area (Å²) in [5.74, 6) is 0.452. The molecule has 0 heterocycles. The summed E-state index contributed by atoms with van der Waals surface area (Å²) in [6, 6.07) is 5.89. The van der Waals surface area contributed by atoms with Crippen LogP contribution < -0.4 is 0 Å². The summed E-state index contributed by atoms with van der Waals surface area (Å²) < 4.78 is 0. The normalized spacial score (nSPS) is 10.5. The molecule has 0 fully saturated rings. The van der Waals surface area contributed by atoms with E-state index in [9.17, 15) is 0 Å². The van der Waals surface area contributed by atoms with Crippen molar-refractivity contribution < 1.29 is 5.11 Å². The molecule has 13 heavy (non-hydrogen) atoms. The molecule has 0 saturated carbocycles. The zero-order valence-electron chi connectivity index (χ0n) is 8.12. The number of hydrogen-bond acceptors (Lipinski definition) is 1. The Morgan fingerprint density at radius 2 is 2.08 bits per heavy atom. The number of rotatable bonds is 3. The average molecular weight is 175 g/mol.